The lowest BCUT2D eigenvalue weighted by atomic mass is 10.00. The predicted molar refractivity (Wildman–Crippen MR) is 106 cm³/mol. The highest BCUT2D eigenvalue weighted by Crippen LogP contribution is 2.20. The fraction of sp³-hybridized carbons (Fsp3) is 0.500. The van der Waals surface area contributed by atoms with Crippen LogP contribution in [0.15, 0.2) is 18.2 Å². The third-order valence-electron chi connectivity index (χ3n) is 4.22. The summed E-state index contributed by atoms with van der Waals surface area (Å²) < 4.78 is 32.4. The van der Waals surface area contributed by atoms with Crippen molar-refractivity contribution in [2.75, 3.05) is 24.2 Å². The summed E-state index contributed by atoms with van der Waals surface area (Å²) in [6.45, 7) is 5.31. The number of thiocarbonyl (C=S) groups is 1. The van der Waals surface area contributed by atoms with Gasteiger partial charge in [0.1, 0.15) is 16.0 Å². The largest absolute Gasteiger partial charge is 0.452 e. The molecule has 0 bridgehead atoms. The zero-order chi connectivity index (χ0) is 20.0. The zero-order valence-electron chi connectivity index (χ0n) is 15.2. The molecule has 5 nitrogen and oxygen atoms in total. The molecule has 0 aromatic heterocycles. The van der Waals surface area contributed by atoms with Gasteiger partial charge in [-0.05, 0) is 37.8 Å². The quantitative estimate of drug-likeness (QED) is 0.585. The van der Waals surface area contributed by atoms with Crippen molar-refractivity contribution in [1.29, 1.82) is 0 Å². The van der Waals surface area contributed by atoms with Gasteiger partial charge in [-0.25, -0.2) is 8.78 Å². The van der Waals surface area contributed by atoms with Crippen LogP contribution < -0.4 is 5.32 Å². The van der Waals surface area contributed by atoms with Crippen LogP contribution in [0.25, 0.3) is 0 Å². The van der Waals surface area contributed by atoms with Crippen molar-refractivity contribution < 1.29 is 23.1 Å². The minimum absolute atomic E-state index is 0.0170. The maximum Gasteiger partial charge on any atom is 0.317 e. The monoisotopic (exact) mass is 416 g/mol. The molecule has 1 amide bonds. The van der Waals surface area contributed by atoms with Crippen molar-refractivity contribution in [3.63, 3.8) is 0 Å². The topological polar surface area (TPSA) is 58.6 Å². The van der Waals surface area contributed by atoms with Crippen LogP contribution in [0.5, 0.6) is 0 Å². The van der Waals surface area contributed by atoms with Crippen LogP contribution >= 0.6 is 24.0 Å². The third-order valence-corrected chi connectivity index (χ3v) is 5.72. The summed E-state index contributed by atoms with van der Waals surface area (Å²) in [4.78, 5) is 26.0. The molecule has 1 fully saturated rings. The first-order valence-corrected chi connectivity index (χ1v) is 10.0. The molecule has 1 saturated heterocycles. The Bertz CT molecular complexity index is 710. The lowest BCUT2D eigenvalue weighted by Crippen LogP contribution is -2.36. The van der Waals surface area contributed by atoms with Crippen molar-refractivity contribution in [2.24, 2.45) is 5.92 Å². The molecule has 2 rings (SSSR count). The van der Waals surface area contributed by atoms with Crippen molar-refractivity contribution in [2.45, 2.75) is 32.8 Å². The van der Waals surface area contributed by atoms with Crippen LogP contribution in [0.4, 0.5) is 14.5 Å². The maximum atomic E-state index is 13.6. The van der Waals surface area contributed by atoms with Crippen molar-refractivity contribution in [3.05, 3.63) is 29.8 Å². The molecule has 0 spiro atoms. The second-order valence-electron chi connectivity index (χ2n) is 6.47. The molecule has 1 aromatic carbocycles. The smallest absolute Gasteiger partial charge is 0.317 e. The number of hydrogen-bond donors (Lipinski definition) is 1. The van der Waals surface area contributed by atoms with E-state index in [1.54, 1.807) is 0 Å². The minimum atomic E-state index is -1.15. The van der Waals surface area contributed by atoms with Gasteiger partial charge in [-0.2, -0.15) is 0 Å². The molecule has 1 aliphatic heterocycles. The van der Waals surface area contributed by atoms with E-state index in [1.165, 1.54) is 18.7 Å². The Morgan fingerprint density at radius 2 is 2.04 bits per heavy atom. The average Bonchev–Trinajstić information content (AvgIpc) is 2.63. The standard InChI is InChI=1S/C18H22F2N2O3S2/c1-11-5-7-22(8-6-11)18(26)27-10-16(23)25-12(2)17(24)21-15-9-13(19)3-4-14(15)20/h3-4,9,11-12H,5-8,10H2,1-2H3,(H,21,24)/t12-/m0/s1. The lowest BCUT2D eigenvalue weighted by molar-refractivity contribution is -0.150. The number of halogens is 2. The SMILES string of the molecule is CC1CCN(C(=S)SCC(=O)O[C@@H](C)C(=O)Nc2cc(F)ccc2F)CC1. The van der Waals surface area contributed by atoms with E-state index >= 15 is 0 Å². The Labute approximate surface area is 166 Å². The number of anilines is 1. The summed E-state index contributed by atoms with van der Waals surface area (Å²) in [6, 6.07) is 2.70. The average molecular weight is 417 g/mol. The van der Waals surface area contributed by atoms with E-state index < -0.39 is 29.6 Å². The number of rotatable bonds is 5. The summed E-state index contributed by atoms with van der Waals surface area (Å²) in [6.07, 6.45) is 0.989. The molecule has 1 aromatic rings. The Kier molecular flexibility index (Phi) is 7.97. The predicted octanol–water partition coefficient (Wildman–Crippen LogP) is 3.59. The van der Waals surface area contributed by atoms with Gasteiger partial charge in [-0.15, -0.1) is 0 Å². The van der Waals surface area contributed by atoms with E-state index in [9.17, 15) is 18.4 Å². The molecule has 9 heteroatoms. The van der Waals surface area contributed by atoms with Gasteiger partial charge in [-0.1, -0.05) is 30.9 Å². The van der Waals surface area contributed by atoms with E-state index in [1.807, 2.05) is 0 Å². The number of esters is 1. The lowest BCUT2D eigenvalue weighted by Gasteiger charge is -2.31. The van der Waals surface area contributed by atoms with E-state index in [0.29, 0.717) is 10.2 Å². The number of ether oxygens (including phenoxy) is 1. The van der Waals surface area contributed by atoms with Crippen molar-refractivity contribution in [1.82, 2.24) is 4.90 Å². The number of nitrogens with zero attached hydrogens (tertiary/aromatic N) is 1. The van der Waals surface area contributed by atoms with Gasteiger partial charge in [0.15, 0.2) is 6.10 Å². The van der Waals surface area contributed by atoms with Crippen LogP contribution in [0, 0.1) is 17.6 Å². The highest BCUT2D eigenvalue weighted by Gasteiger charge is 2.22. The number of thioether (sulfide) groups is 1. The highest BCUT2D eigenvalue weighted by molar-refractivity contribution is 8.23. The third kappa shape index (κ3) is 6.73. The van der Waals surface area contributed by atoms with Gasteiger partial charge in [0.25, 0.3) is 5.91 Å². The summed E-state index contributed by atoms with van der Waals surface area (Å²) in [5, 5.41) is 2.20. The summed E-state index contributed by atoms with van der Waals surface area (Å²) in [5.74, 6) is -2.15. The van der Waals surface area contributed by atoms with Crippen LogP contribution in [-0.4, -0.2) is 46.0 Å². The number of hydrogen-bond acceptors (Lipinski definition) is 5. The fourth-order valence-corrected chi connectivity index (χ4v) is 3.55. The molecule has 0 saturated carbocycles. The van der Waals surface area contributed by atoms with Crippen LogP contribution in [0.2, 0.25) is 0 Å². The highest BCUT2D eigenvalue weighted by atomic mass is 32.2. The van der Waals surface area contributed by atoms with Crippen LogP contribution in [-0.2, 0) is 14.3 Å². The molecule has 27 heavy (non-hydrogen) atoms. The fourth-order valence-electron chi connectivity index (χ4n) is 2.52. The van der Waals surface area contributed by atoms with Gasteiger partial charge in [0.05, 0.1) is 11.4 Å². The first-order valence-electron chi connectivity index (χ1n) is 8.63. The Morgan fingerprint density at radius 1 is 1.37 bits per heavy atom. The summed E-state index contributed by atoms with van der Waals surface area (Å²) in [5.41, 5.74) is -0.308. The first kappa shape index (κ1) is 21.6. The van der Waals surface area contributed by atoms with Gasteiger partial charge in [-0.3, -0.25) is 9.59 Å². The Balaban J connectivity index is 1.76. The van der Waals surface area contributed by atoms with Gasteiger partial charge >= 0.3 is 5.97 Å². The Morgan fingerprint density at radius 3 is 2.70 bits per heavy atom. The number of carbonyl (C=O) groups excluding carboxylic acids is 2. The van der Waals surface area contributed by atoms with Crippen LogP contribution in [0.3, 0.4) is 0 Å². The number of likely N-dealkylation sites (tertiary alicyclic amines) is 1. The minimum Gasteiger partial charge on any atom is -0.452 e. The molecule has 1 N–H and O–H groups in total. The number of piperidine rings is 1. The summed E-state index contributed by atoms with van der Waals surface area (Å²) in [7, 11) is 0. The molecule has 0 unspecified atom stereocenters. The maximum absolute atomic E-state index is 13.6. The first-order chi connectivity index (χ1) is 12.8. The second-order valence-corrected chi connectivity index (χ2v) is 8.08. The van der Waals surface area contributed by atoms with Gasteiger partial charge in [0.2, 0.25) is 0 Å². The van der Waals surface area contributed by atoms with E-state index in [-0.39, 0.29) is 11.4 Å². The normalized spacial score (nSPS) is 15.9. The number of nitrogens with one attached hydrogen (secondary N) is 1. The van der Waals surface area contributed by atoms with Crippen LogP contribution in [0.1, 0.15) is 26.7 Å². The Hall–Kier alpha value is -1.74. The molecule has 148 valence electrons. The van der Waals surface area contributed by atoms with Gasteiger partial charge in [0, 0.05) is 19.2 Å². The van der Waals surface area contributed by atoms with E-state index in [2.05, 4.69) is 17.1 Å². The molecular weight excluding hydrogens is 394 g/mol. The second kappa shape index (κ2) is 9.98. The molecule has 1 atom stereocenters. The molecule has 1 heterocycles. The number of carbonyl (C=O) groups is 2. The van der Waals surface area contributed by atoms with E-state index in [4.69, 9.17) is 17.0 Å². The molecule has 0 radical (unpaired) electrons. The molecule has 1 aliphatic rings. The molecule has 0 aliphatic carbocycles. The zero-order valence-corrected chi connectivity index (χ0v) is 16.8. The molecular formula is C18H22F2N2O3S2. The number of benzene rings is 1. The van der Waals surface area contributed by atoms with Crippen molar-refractivity contribution in [3.8, 4) is 0 Å². The number of amides is 1. The van der Waals surface area contributed by atoms with Gasteiger partial charge < -0.3 is 15.0 Å². The van der Waals surface area contributed by atoms with Crippen molar-refractivity contribution >= 4 is 45.9 Å². The summed E-state index contributed by atoms with van der Waals surface area (Å²) >= 11 is 6.53. The van der Waals surface area contributed by atoms with E-state index in [0.717, 1.165) is 44.1 Å².